The van der Waals surface area contributed by atoms with E-state index in [1.807, 2.05) is 24.3 Å². The number of hydrogen-bond donors (Lipinski definition) is 1. The first-order chi connectivity index (χ1) is 13.5. The van der Waals surface area contributed by atoms with Crippen LogP contribution in [-0.4, -0.2) is 25.5 Å². The molecule has 3 aromatic heterocycles. The van der Waals surface area contributed by atoms with Crippen LogP contribution in [-0.2, 0) is 16.1 Å². The van der Waals surface area contributed by atoms with Crippen LogP contribution in [0.3, 0.4) is 0 Å². The predicted molar refractivity (Wildman–Crippen MR) is 102 cm³/mol. The van der Waals surface area contributed by atoms with E-state index in [4.69, 9.17) is 10.5 Å². The van der Waals surface area contributed by atoms with Gasteiger partial charge < -0.3 is 10.5 Å². The Morgan fingerprint density at radius 3 is 2.71 bits per heavy atom. The summed E-state index contributed by atoms with van der Waals surface area (Å²) in [5, 5.41) is 0. The van der Waals surface area contributed by atoms with Gasteiger partial charge in [-0.2, -0.15) is 0 Å². The number of halogens is 1. The normalized spacial score (nSPS) is 10.9. The molecule has 140 valence electrons. The number of hydrogen-bond acceptors (Lipinski definition) is 6. The molecule has 3 heterocycles. The molecule has 0 aliphatic carbocycles. The van der Waals surface area contributed by atoms with E-state index in [1.165, 1.54) is 13.0 Å². The quantitative estimate of drug-likeness (QED) is 0.549. The molecule has 0 amide bonds. The zero-order chi connectivity index (χ0) is 19.7. The smallest absolute Gasteiger partial charge is 0.302 e. The van der Waals surface area contributed by atoms with Crippen LogP contribution >= 0.6 is 0 Å². The molecule has 0 bridgehead atoms. The van der Waals surface area contributed by atoms with Crippen LogP contribution in [0, 0.1) is 5.82 Å². The average molecular weight is 377 g/mol. The minimum Gasteiger partial charge on any atom is -0.461 e. The number of nitrogen functional groups attached to an aromatic ring is 1. The zero-order valence-corrected chi connectivity index (χ0v) is 15.0. The molecular weight excluding hydrogens is 361 g/mol. The third kappa shape index (κ3) is 3.27. The van der Waals surface area contributed by atoms with E-state index in [2.05, 4.69) is 15.0 Å². The Hall–Kier alpha value is -3.81. The predicted octanol–water partition coefficient (Wildman–Crippen LogP) is 3.27. The summed E-state index contributed by atoms with van der Waals surface area (Å²) in [6.07, 6.45) is 2.74. The molecule has 2 N–H and O–H groups in total. The number of benzene rings is 1. The number of aromatic nitrogens is 4. The molecule has 0 aliphatic heterocycles. The molecule has 7 nitrogen and oxygen atoms in total. The summed E-state index contributed by atoms with van der Waals surface area (Å²) in [5.41, 5.74) is 9.14. The number of esters is 1. The van der Waals surface area contributed by atoms with Crippen LogP contribution in [0.15, 0.2) is 54.9 Å². The number of fused-ring (bicyclic) bond motifs is 1. The van der Waals surface area contributed by atoms with Crippen molar-refractivity contribution in [1.82, 2.24) is 19.5 Å². The molecule has 0 radical (unpaired) electrons. The van der Waals surface area contributed by atoms with E-state index in [-0.39, 0.29) is 12.6 Å². The van der Waals surface area contributed by atoms with Crippen molar-refractivity contribution in [2.75, 3.05) is 5.73 Å². The minimum atomic E-state index is -0.473. The SMILES string of the molecule is CC(=O)OCc1ccc(-n2c(-c3cccnc3N)nc3cc(F)cnc32)cc1. The summed E-state index contributed by atoms with van der Waals surface area (Å²) in [6.45, 7) is 1.55. The van der Waals surface area contributed by atoms with Crippen LogP contribution < -0.4 is 5.73 Å². The molecule has 0 spiro atoms. The lowest BCUT2D eigenvalue weighted by atomic mass is 10.2. The summed E-state index contributed by atoms with van der Waals surface area (Å²) in [7, 11) is 0. The summed E-state index contributed by atoms with van der Waals surface area (Å²) >= 11 is 0. The maximum atomic E-state index is 13.7. The van der Waals surface area contributed by atoms with Crippen molar-refractivity contribution >= 4 is 23.0 Å². The first-order valence-electron chi connectivity index (χ1n) is 8.50. The largest absolute Gasteiger partial charge is 0.461 e. The Morgan fingerprint density at radius 1 is 1.21 bits per heavy atom. The lowest BCUT2D eigenvalue weighted by molar-refractivity contribution is -0.142. The van der Waals surface area contributed by atoms with E-state index < -0.39 is 5.82 Å². The second-order valence-electron chi connectivity index (χ2n) is 6.15. The van der Waals surface area contributed by atoms with Gasteiger partial charge in [-0.25, -0.2) is 19.3 Å². The molecule has 28 heavy (non-hydrogen) atoms. The third-order valence-electron chi connectivity index (χ3n) is 4.18. The maximum Gasteiger partial charge on any atom is 0.302 e. The third-order valence-corrected chi connectivity index (χ3v) is 4.18. The zero-order valence-electron chi connectivity index (χ0n) is 15.0. The van der Waals surface area contributed by atoms with Crippen LogP contribution in [0.4, 0.5) is 10.2 Å². The molecule has 1 aromatic carbocycles. The summed E-state index contributed by atoms with van der Waals surface area (Å²) in [5.74, 6) is 0.00211. The molecule has 4 aromatic rings. The fourth-order valence-electron chi connectivity index (χ4n) is 2.90. The van der Waals surface area contributed by atoms with Crippen molar-refractivity contribution in [3.05, 3.63) is 66.2 Å². The first kappa shape index (κ1) is 17.6. The van der Waals surface area contributed by atoms with E-state index in [1.54, 1.807) is 22.9 Å². The second-order valence-corrected chi connectivity index (χ2v) is 6.15. The van der Waals surface area contributed by atoms with Gasteiger partial charge in [-0.05, 0) is 29.8 Å². The number of imidazole rings is 1. The van der Waals surface area contributed by atoms with E-state index in [0.29, 0.717) is 28.4 Å². The number of carbonyl (C=O) groups is 1. The molecule has 0 saturated carbocycles. The molecular formula is C20H16FN5O2. The molecule has 0 aliphatic rings. The topological polar surface area (TPSA) is 95.9 Å². The Bertz CT molecular complexity index is 1170. The van der Waals surface area contributed by atoms with Gasteiger partial charge in [-0.1, -0.05) is 12.1 Å². The highest BCUT2D eigenvalue weighted by atomic mass is 19.1. The van der Waals surface area contributed by atoms with Crippen LogP contribution in [0.5, 0.6) is 0 Å². The lowest BCUT2D eigenvalue weighted by Gasteiger charge is -2.11. The van der Waals surface area contributed by atoms with Crippen molar-refractivity contribution < 1.29 is 13.9 Å². The van der Waals surface area contributed by atoms with Gasteiger partial charge in [0.15, 0.2) is 11.5 Å². The highest BCUT2D eigenvalue weighted by molar-refractivity contribution is 5.82. The van der Waals surface area contributed by atoms with Gasteiger partial charge in [0, 0.05) is 24.9 Å². The molecule has 0 fully saturated rings. The number of carbonyl (C=O) groups excluding carboxylic acids is 1. The van der Waals surface area contributed by atoms with Crippen molar-refractivity contribution in [3.63, 3.8) is 0 Å². The Labute approximate surface area is 159 Å². The Kier molecular flexibility index (Phi) is 4.44. The summed E-state index contributed by atoms with van der Waals surface area (Å²) in [4.78, 5) is 23.8. The van der Waals surface area contributed by atoms with Gasteiger partial charge in [0.2, 0.25) is 0 Å². The minimum absolute atomic E-state index is 0.187. The Balaban J connectivity index is 1.86. The van der Waals surface area contributed by atoms with E-state index in [9.17, 15) is 9.18 Å². The van der Waals surface area contributed by atoms with E-state index in [0.717, 1.165) is 17.4 Å². The summed E-state index contributed by atoms with van der Waals surface area (Å²) in [6, 6.07) is 12.2. The van der Waals surface area contributed by atoms with Crippen molar-refractivity contribution in [2.24, 2.45) is 0 Å². The van der Waals surface area contributed by atoms with Crippen LogP contribution in [0.1, 0.15) is 12.5 Å². The monoisotopic (exact) mass is 377 g/mol. The maximum absolute atomic E-state index is 13.7. The molecule has 0 unspecified atom stereocenters. The number of pyridine rings is 2. The number of anilines is 1. The standard InChI is InChI=1S/C20H16FN5O2/c1-12(27)28-11-13-4-6-15(7-5-13)26-19(16-3-2-8-23-18(16)22)25-17-9-14(21)10-24-20(17)26/h2-10H,11H2,1H3,(H2,22,23). The van der Waals surface area contributed by atoms with Gasteiger partial charge in [-0.3, -0.25) is 9.36 Å². The molecule has 8 heteroatoms. The fourth-order valence-corrected chi connectivity index (χ4v) is 2.90. The Morgan fingerprint density at radius 2 is 2.00 bits per heavy atom. The molecule has 4 rings (SSSR count). The number of rotatable bonds is 4. The first-order valence-corrected chi connectivity index (χ1v) is 8.50. The summed E-state index contributed by atoms with van der Waals surface area (Å²) < 4.78 is 20.5. The van der Waals surface area contributed by atoms with Gasteiger partial charge in [0.25, 0.3) is 0 Å². The number of nitrogens with two attached hydrogens (primary N) is 1. The van der Waals surface area contributed by atoms with Crippen LogP contribution in [0.25, 0.3) is 28.2 Å². The van der Waals surface area contributed by atoms with Gasteiger partial charge in [0.05, 0.1) is 11.8 Å². The lowest BCUT2D eigenvalue weighted by Crippen LogP contribution is -2.03. The molecule has 0 saturated heterocycles. The van der Waals surface area contributed by atoms with Gasteiger partial charge in [0.1, 0.15) is 23.8 Å². The van der Waals surface area contributed by atoms with E-state index >= 15 is 0 Å². The highest BCUT2D eigenvalue weighted by Crippen LogP contribution is 2.30. The number of ether oxygens (including phenoxy) is 1. The van der Waals surface area contributed by atoms with Crippen molar-refractivity contribution in [2.45, 2.75) is 13.5 Å². The van der Waals surface area contributed by atoms with Crippen molar-refractivity contribution in [1.29, 1.82) is 0 Å². The average Bonchev–Trinajstić information content (AvgIpc) is 3.05. The number of nitrogens with zero attached hydrogens (tertiary/aromatic N) is 4. The second kappa shape index (κ2) is 7.07. The molecule has 0 atom stereocenters. The van der Waals surface area contributed by atoms with Crippen molar-refractivity contribution in [3.8, 4) is 17.1 Å². The highest BCUT2D eigenvalue weighted by Gasteiger charge is 2.18. The van der Waals surface area contributed by atoms with Gasteiger partial charge >= 0.3 is 5.97 Å². The van der Waals surface area contributed by atoms with Crippen LogP contribution in [0.2, 0.25) is 0 Å². The van der Waals surface area contributed by atoms with Gasteiger partial charge in [-0.15, -0.1) is 0 Å². The fraction of sp³-hybridized carbons (Fsp3) is 0.100.